The number of benzene rings is 1. The Labute approximate surface area is 148 Å². The lowest BCUT2D eigenvalue weighted by molar-refractivity contribution is -0.0837. The minimum atomic E-state index is 0.240. The van der Waals surface area contributed by atoms with Crippen molar-refractivity contribution >= 4 is 0 Å². The Balaban J connectivity index is 1.69. The lowest BCUT2D eigenvalue weighted by Crippen LogP contribution is -2.50. The van der Waals surface area contributed by atoms with Gasteiger partial charge in [0.1, 0.15) is 0 Å². The summed E-state index contributed by atoms with van der Waals surface area (Å²) in [6.07, 6.45) is 3.35. The second-order valence-electron chi connectivity index (χ2n) is 9.30. The Bertz CT molecular complexity index is 534. The van der Waals surface area contributed by atoms with E-state index in [9.17, 15) is 0 Å². The minimum absolute atomic E-state index is 0.240. The third kappa shape index (κ3) is 3.86. The van der Waals surface area contributed by atoms with Crippen LogP contribution in [0.3, 0.4) is 0 Å². The molecule has 134 valence electrons. The van der Waals surface area contributed by atoms with Crippen LogP contribution < -0.4 is 0 Å². The Morgan fingerprint density at radius 2 is 1.50 bits per heavy atom. The van der Waals surface area contributed by atoms with Crippen LogP contribution in [0.25, 0.3) is 0 Å². The maximum atomic E-state index is 5.93. The molecule has 0 amide bonds. The first-order chi connectivity index (χ1) is 11.2. The molecule has 1 aromatic carbocycles. The monoisotopic (exact) mass is 329 g/mol. The molecule has 2 nitrogen and oxygen atoms in total. The highest BCUT2D eigenvalue weighted by atomic mass is 16.5. The highest BCUT2D eigenvalue weighted by Gasteiger charge is 2.38. The molecular weight excluding hydrogens is 294 g/mol. The van der Waals surface area contributed by atoms with Gasteiger partial charge in [-0.2, -0.15) is 0 Å². The van der Waals surface area contributed by atoms with Gasteiger partial charge in [-0.1, -0.05) is 52.0 Å². The average molecular weight is 330 g/mol. The molecule has 1 heterocycles. The number of morpholine rings is 1. The van der Waals surface area contributed by atoms with E-state index < -0.39 is 0 Å². The standard InChI is InChI=1S/C22H35NO/c1-15-11-19(18-7-9-20(10-8-18)22(4,5)6)12-21(15)23-13-16(2)24-17(3)14-23/h7-10,15-17,19,21H,11-14H2,1-6H3/t15?,16-,17+,19?,21?. The van der Waals surface area contributed by atoms with Crippen molar-refractivity contribution < 1.29 is 4.74 Å². The second-order valence-corrected chi connectivity index (χ2v) is 9.30. The molecule has 5 atom stereocenters. The molecule has 0 radical (unpaired) electrons. The van der Waals surface area contributed by atoms with Crippen molar-refractivity contribution in [3.63, 3.8) is 0 Å². The van der Waals surface area contributed by atoms with Crippen LogP contribution in [-0.2, 0) is 10.2 Å². The van der Waals surface area contributed by atoms with Gasteiger partial charge in [0.05, 0.1) is 12.2 Å². The summed E-state index contributed by atoms with van der Waals surface area (Å²) in [7, 11) is 0. The van der Waals surface area contributed by atoms with Crippen molar-refractivity contribution in [3.05, 3.63) is 35.4 Å². The maximum Gasteiger partial charge on any atom is 0.0678 e. The molecule has 0 N–H and O–H groups in total. The summed E-state index contributed by atoms with van der Waals surface area (Å²) in [4.78, 5) is 2.70. The van der Waals surface area contributed by atoms with Gasteiger partial charge < -0.3 is 4.74 Å². The maximum absolute atomic E-state index is 5.93. The van der Waals surface area contributed by atoms with Gasteiger partial charge in [-0.05, 0) is 55.1 Å². The van der Waals surface area contributed by atoms with Crippen molar-refractivity contribution in [1.82, 2.24) is 4.90 Å². The van der Waals surface area contributed by atoms with Crippen LogP contribution in [0.2, 0.25) is 0 Å². The normalized spacial score (nSPS) is 35.3. The molecule has 2 heteroatoms. The van der Waals surface area contributed by atoms with E-state index in [2.05, 4.69) is 70.7 Å². The molecule has 0 aromatic heterocycles. The van der Waals surface area contributed by atoms with E-state index in [1.807, 2.05) is 0 Å². The van der Waals surface area contributed by atoms with Crippen LogP contribution in [0.15, 0.2) is 24.3 Å². The number of hydrogen-bond donors (Lipinski definition) is 0. The molecule has 2 aliphatic rings. The topological polar surface area (TPSA) is 12.5 Å². The lowest BCUT2D eigenvalue weighted by atomic mass is 9.85. The molecule has 1 saturated heterocycles. The highest BCUT2D eigenvalue weighted by molar-refractivity contribution is 5.30. The SMILES string of the molecule is CC1CC(c2ccc(C(C)(C)C)cc2)CC1N1C[C@@H](C)O[C@@H](C)C1. The van der Waals surface area contributed by atoms with E-state index in [0.29, 0.717) is 24.2 Å². The fourth-order valence-electron chi connectivity index (χ4n) is 4.75. The van der Waals surface area contributed by atoms with Gasteiger partial charge in [-0.25, -0.2) is 0 Å². The summed E-state index contributed by atoms with van der Waals surface area (Å²) < 4.78 is 5.93. The molecular formula is C22H35NO. The van der Waals surface area contributed by atoms with E-state index >= 15 is 0 Å². The minimum Gasteiger partial charge on any atom is -0.373 e. The molecule has 0 spiro atoms. The molecule has 1 aliphatic carbocycles. The van der Waals surface area contributed by atoms with Crippen molar-refractivity contribution in [1.29, 1.82) is 0 Å². The van der Waals surface area contributed by atoms with E-state index in [0.717, 1.165) is 19.0 Å². The first kappa shape index (κ1) is 17.9. The van der Waals surface area contributed by atoms with E-state index in [-0.39, 0.29) is 5.41 Å². The average Bonchev–Trinajstić information content (AvgIpc) is 2.87. The first-order valence-electron chi connectivity index (χ1n) is 9.74. The van der Waals surface area contributed by atoms with Crippen molar-refractivity contribution in [2.75, 3.05) is 13.1 Å². The number of rotatable bonds is 2. The van der Waals surface area contributed by atoms with Gasteiger partial charge in [-0.15, -0.1) is 0 Å². The predicted octanol–water partition coefficient (Wildman–Crippen LogP) is 4.98. The number of hydrogen-bond acceptors (Lipinski definition) is 2. The van der Waals surface area contributed by atoms with Gasteiger partial charge in [0, 0.05) is 19.1 Å². The predicted molar refractivity (Wildman–Crippen MR) is 102 cm³/mol. The van der Waals surface area contributed by atoms with Crippen LogP contribution in [0.4, 0.5) is 0 Å². The van der Waals surface area contributed by atoms with Gasteiger partial charge in [0.25, 0.3) is 0 Å². The molecule has 1 aromatic rings. The Kier molecular flexibility index (Phi) is 5.09. The zero-order valence-electron chi connectivity index (χ0n) is 16.4. The van der Waals surface area contributed by atoms with Gasteiger partial charge in [0.15, 0.2) is 0 Å². The van der Waals surface area contributed by atoms with E-state index in [1.165, 1.54) is 24.0 Å². The first-order valence-corrected chi connectivity index (χ1v) is 9.74. The van der Waals surface area contributed by atoms with Crippen LogP contribution in [0.5, 0.6) is 0 Å². The summed E-state index contributed by atoms with van der Waals surface area (Å²) in [5.74, 6) is 1.49. The van der Waals surface area contributed by atoms with Crippen molar-refractivity contribution in [3.8, 4) is 0 Å². The highest BCUT2D eigenvalue weighted by Crippen LogP contribution is 2.41. The molecule has 1 aliphatic heterocycles. The van der Waals surface area contributed by atoms with Crippen LogP contribution >= 0.6 is 0 Å². The van der Waals surface area contributed by atoms with Gasteiger partial charge >= 0.3 is 0 Å². The van der Waals surface area contributed by atoms with Crippen molar-refractivity contribution in [2.45, 2.75) is 84.0 Å². The van der Waals surface area contributed by atoms with Gasteiger partial charge in [0.2, 0.25) is 0 Å². The largest absolute Gasteiger partial charge is 0.373 e. The second kappa shape index (κ2) is 6.80. The molecule has 3 rings (SSSR count). The summed E-state index contributed by atoms with van der Waals surface area (Å²) in [6.45, 7) is 15.9. The smallest absolute Gasteiger partial charge is 0.0678 e. The zero-order chi connectivity index (χ0) is 17.5. The van der Waals surface area contributed by atoms with Gasteiger partial charge in [-0.3, -0.25) is 4.90 Å². The molecule has 2 fully saturated rings. The zero-order valence-corrected chi connectivity index (χ0v) is 16.4. The lowest BCUT2D eigenvalue weighted by Gasteiger charge is -2.40. The number of nitrogens with zero attached hydrogens (tertiary/aromatic N) is 1. The summed E-state index contributed by atoms with van der Waals surface area (Å²) in [5, 5.41) is 0. The fourth-order valence-corrected chi connectivity index (χ4v) is 4.75. The Morgan fingerprint density at radius 3 is 2.04 bits per heavy atom. The third-order valence-corrected chi connectivity index (χ3v) is 6.00. The van der Waals surface area contributed by atoms with Crippen LogP contribution in [0, 0.1) is 5.92 Å². The Morgan fingerprint density at radius 1 is 0.917 bits per heavy atom. The van der Waals surface area contributed by atoms with E-state index in [4.69, 9.17) is 4.74 Å². The Hall–Kier alpha value is -0.860. The molecule has 0 bridgehead atoms. The molecule has 3 unspecified atom stereocenters. The number of ether oxygens (including phenoxy) is 1. The fraction of sp³-hybridized carbons (Fsp3) is 0.727. The van der Waals surface area contributed by atoms with Crippen LogP contribution in [-0.4, -0.2) is 36.2 Å². The summed E-state index contributed by atoms with van der Waals surface area (Å²) >= 11 is 0. The van der Waals surface area contributed by atoms with Crippen molar-refractivity contribution in [2.24, 2.45) is 5.92 Å². The van der Waals surface area contributed by atoms with E-state index in [1.54, 1.807) is 0 Å². The summed E-state index contributed by atoms with van der Waals surface area (Å²) in [5.41, 5.74) is 3.21. The molecule has 1 saturated carbocycles. The molecule has 24 heavy (non-hydrogen) atoms. The quantitative estimate of drug-likeness (QED) is 0.759. The third-order valence-electron chi connectivity index (χ3n) is 6.00. The van der Waals surface area contributed by atoms with Crippen LogP contribution in [0.1, 0.15) is 71.4 Å². The summed E-state index contributed by atoms with van der Waals surface area (Å²) in [6, 6.07) is 10.2.